The summed E-state index contributed by atoms with van der Waals surface area (Å²) in [5.74, 6) is -7.54. The number of rotatable bonds is 26. The molecular formula is C62H89N13O14P-. The lowest BCUT2D eigenvalue weighted by molar-refractivity contribution is -0.220. The van der Waals surface area contributed by atoms with Crippen molar-refractivity contribution in [3.63, 3.8) is 0 Å². The predicted octanol–water partition coefficient (Wildman–Crippen LogP) is 3.02. The summed E-state index contributed by atoms with van der Waals surface area (Å²) in [6.07, 6.45) is -4.54. The van der Waals surface area contributed by atoms with E-state index in [4.69, 9.17) is 62.8 Å². The number of primary amides is 5. The van der Waals surface area contributed by atoms with Gasteiger partial charge in [-0.1, -0.05) is 34.6 Å². The first-order valence-electron chi connectivity index (χ1n) is 30.5. The zero-order chi connectivity index (χ0) is 66.7. The molecule has 6 aliphatic rings. The Bertz CT molecular complexity index is 3540. The third-order valence-corrected chi connectivity index (χ3v) is 21.7. The molecule has 16 N–H and O–H groups in total. The molecule has 2 fully saturated rings. The number of fused-ring (bicyclic) bond motifs is 7. The van der Waals surface area contributed by atoms with E-state index < -0.39 is 143 Å². The lowest BCUT2D eigenvalue weighted by Crippen LogP contribution is -2.56. The number of carbonyl (C=O) groups excluding carboxylic acids is 6. The quantitative estimate of drug-likeness (QED) is 0.0366. The summed E-state index contributed by atoms with van der Waals surface area (Å²) in [5.41, 5.74) is 31.3. The van der Waals surface area contributed by atoms with Crippen LogP contribution in [0.3, 0.4) is 0 Å². The monoisotopic (exact) mass is 1270 g/mol. The number of hydrogen-bond donors (Lipinski definition) is 11. The summed E-state index contributed by atoms with van der Waals surface area (Å²) in [4.78, 5) is 113. The van der Waals surface area contributed by atoms with Crippen molar-refractivity contribution in [3.8, 4) is 0 Å². The number of aromatic nitrogens is 2. The largest absolute Gasteiger partial charge is 0.862 e. The molecule has 1 aromatic carbocycles. The van der Waals surface area contributed by atoms with E-state index in [1.807, 2.05) is 80.5 Å². The maximum Gasteiger partial charge on any atom is 0.472 e. The van der Waals surface area contributed by atoms with E-state index >= 15 is 0 Å². The Balaban J connectivity index is 1.19. The van der Waals surface area contributed by atoms with Crippen LogP contribution in [0.5, 0.6) is 0 Å². The number of phosphoric ester groups is 1. The molecule has 7 heterocycles. The molecule has 0 spiro atoms. The van der Waals surface area contributed by atoms with E-state index in [1.165, 1.54) is 13.3 Å². The van der Waals surface area contributed by atoms with E-state index in [9.17, 15) is 53.5 Å². The summed E-state index contributed by atoms with van der Waals surface area (Å²) in [5, 5.41) is 48.7. The molecule has 0 aliphatic carbocycles. The summed E-state index contributed by atoms with van der Waals surface area (Å²) in [6, 6.07) is 2.69. The highest BCUT2D eigenvalue weighted by molar-refractivity contribution is 7.47. The molecule has 1 unspecified atom stereocenters. The van der Waals surface area contributed by atoms with E-state index in [0.29, 0.717) is 56.4 Å². The molecule has 8 bridgehead atoms. The van der Waals surface area contributed by atoms with E-state index in [-0.39, 0.29) is 77.2 Å². The molecule has 6 amide bonds. The van der Waals surface area contributed by atoms with Crippen molar-refractivity contribution in [2.75, 3.05) is 13.2 Å². The number of nitrogens with zero attached hydrogens (tertiary/aromatic N) is 5. The Morgan fingerprint density at radius 2 is 1.48 bits per heavy atom. The number of aryl methyl sites for hydroxylation is 2. The Kier molecular flexibility index (Phi) is 19.6. The van der Waals surface area contributed by atoms with Crippen LogP contribution in [-0.2, 0) is 47.1 Å². The van der Waals surface area contributed by atoms with Crippen LogP contribution in [0, 0.1) is 64.6 Å². The normalized spacial score (nSPS) is 32.8. The molecule has 0 radical (unpaired) electrons. The molecule has 492 valence electrons. The fourth-order valence-electron chi connectivity index (χ4n) is 15.4. The summed E-state index contributed by atoms with van der Waals surface area (Å²) < 4.78 is 32.3. The average Bonchev–Trinajstić information content (AvgIpc) is 1.53. The second kappa shape index (κ2) is 25.6. The molecular weight excluding hydrogens is 1180 g/mol. The molecule has 2 saturated heterocycles. The van der Waals surface area contributed by atoms with Gasteiger partial charge >= 0.3 is 7.82 Å². The van der Waals surface area contributed by atoms with Crippen LogP contribution >= 0.6 is 7.82 Å². The highest BCUT2D eigenvalue weighted by Crippen LogP contribution is 2.63. The number of allylic oxidation sites excluding steroid dienone is 6. The van der Waals surface area contributed by atoms with Gasteiger partial charge in [-0.25, -0.2) is 9.55 Å². The number of aliphatic hydroxyl groups is 2. The number of nitrogens with one attached hydrogen (secondary N) is 3. The number of carbonyl (C=O) groups is 6. The van der Waals surface area contributed by atoms with Gasteiger partial charge in [0.2, 0.25) is 35.4 Å². The van der Waals surface area contributed by atoms with Gasteiger partial charge in [0.05, 0.1) is 41.7 Å². The second-order valence-electron chi connectivity index (χ2n) is 27.0. The highest BCUT2D eigenvalue weighted by atomic mass is 31.2. The first-order chi connectivity index (χ1) is 41.8. The zero-order valence-electron chi connectivity index (χ0n) is 53.2. The summed E-state index contributed by atoms with van der Waals surface area (Å²) >= 11 is 0. The predicted molar refractivity (Wildman–Crippen MR) is 332 cm³/mol. The Morgan fingerprint density at radius 1 is 0.856 bits per heavy atom. The van der Waals surface area contributed by atoms with Crippen molar-refractivity contribution < 1.29 is 67.3 Å². The fraction of sp³-hybridized carbons (Fsp3) is 0.629. The van der Waals surface area contributed by atoms with Gasteiger partial charge in [0.15, 0.2) is 6.23 Å². The van der Waals surface area contributed by atoms with Gasteiger partial charge < -0.3 is 74.2 Å². The van der Waals surface area contributed by atoms with Gasteiger partial charge in [-0.3, -0.25) is 52.8 Å². The highest BCUT2D eigenvalue weighted by Gasteiger charge is 2.66. The van der Waals surface area contributed by atoms with Crippen LogP contribution in [0.1, 0.15) is 150 Å². The molecule has 6 aliphatic heterocycles. The molecule has 0 saturated carbocycles. The molecule has 27 nitrogen and oxygen atoms in total. The molecule has 1 aromatic heterocycles. The Morgan fingerprint density at radius 3 is 2.08 bits per heavy atom. The minimum atomic E-state index is -5.07. The number of nitrogens with two attached hydrogens (primary N) is 5. The van der Waals surface area contributed by atoms with Crippen molar-refractivity contribution in [1.29, 1.82) is 5.41 Å². The SMILES string of the molecule is CC1=C2N=C(C=C3N/C(=C(/C)C4=N[C@@](C)([C@@H]5N=C1[C@](C)(CCC(=O)NC[C@@H](C)OP(=O)(O)O[C@H]1[C@@H](O)[C@@H](n6cnc7cc(C)c(C)cc76)O[C@@H]1CO)[C@H]5CC(N)=O)[C@@](C)(CC(N)=O)[C@@H]4CCC(N)=O)[C@@](C)(CC(N)=O)[C@@H]3CCC(=N)[O-])C(C)(C)[C@@H]2CCC(N)=O. The zero-order valence-corrected chi connectivity index (χ0v) is 54.1. The standard InChI is InChI=1S/C62H90N13O14P/c1-29-20-39-40(21-30(29)2)75(28-70-39)57-52(84)53(41(27-76)87-57)89-90(85,86)88-31(3)26-69-49(83)18-19-59(8)37(22-46(66)80)56-62(11)61(10,25-48(68)82)36(14-17-45(65)79)51(74-62)33(5)55-60(9,24-47(67)81)34(12-15-43(63)77)38(71-55)23-42-58(6,7)35(13-16-44(64)78)50(72-42)32(4)54(59)73-56/h20-21,23,28,31,34-37,41,52-53,56-57,71,76,84H,12-19,22,24-27H2,1-11H3,(H2,63,77)(H2,64,78)(H2,65,79)(H2,66,80)(H2,67,81)(H2,68,82)(H,69,83)(H,85,86)/p-1/b38-23?,50-32?,55-33-/t31-,34-,35-,36-,37+,41-,52-,53-,56-,57+,59-,60+,61+,62+/m1/s1. The van der Waals surface area contributed by atoms with E-state index in [1.54, 1.807) is 11.5 Å². The van der Waals surface area contributed by atoms with Crippen molar-refractivity contribution in [3.05, 3.63) is 63.9 Å². The minimum absolute atomic E-state index is 0.0165. The number of hydrogen-bond acceptors (Lipinski definition) is 19. The van der Waals surface area contributed by atoms with Gasteiger partial charge in [0.25, 0.3) is 0 Å². The Labute approximate surface area is 523 Å². The maximum absolute atomic E-state index is 14.4. The van der Waals surface area contributed by atoms with Gasteiger partial charge in [0.1, 0.15) is 18.3 Å². The number of aliphatic hydroxyl groups excluding tert-OH is 2. The van der Waals surface area contributed by atoms with Gasteiger partial charge in [-0.05, 0) is 120 Å². The number of benzene rings is 1. The number of ether oxygens (including phenoxy) is 1. The number of amides is 6. The number of aliphatic imine (C=N–C) groups is 3. The third-order valence-electron chi connectivity index (χ3n) is 20.6. The van der Waals surface area contributed by atoms with Gasteiger partial charge in [0, 0.05) is 125 Å². The molecule has 8 rings (SSSR count). The van der Waals surface area contributed by atoms with Crippen LogP contribution in [-0.4, -0.2) is 132 Å². The fourth-order valence-corrected chi connectivity index (χ4v) is 16.6. The van der Waals surface area contributed by atoms with Crippen molar-refractivity contribution in [2.45, 2.75) is 189 Å². The topological polar surface area (TPSA) is 464 Å². The maximum atomic E-state index is 14.4. The Hall–Kier alpha value is -7.00. The summed E-state index contributed by atoms with van der Waals surface area (Å²) in [6.45, 7) is 19.2. The second-order valence-corrected chi connectivity index (χ2v) is 28.4. The molecule has 2 aromatic rings. The first-order valence-corrected chi connectivity index (χ1v) is 32.0. The molecule has 15 atom stereocenters. The smallest absolute Gasteiger partial charge is 0.472 e. The van der Waals surface area contributed by atoms with Crippen molar-refractivity contribution in [2.24, 2.45) is 89.0 Å². The van der Waals surface area contributed by atoms with Crippen LogP contribution < -0.4 is 44.4 Å². The molecule has 90 heavy (non-hydrogen) atoms. The minimum Gasteiger partial charge on any atom is -0.862 e. The van der Waals surface area contributed by atoms with Crippen molar-refractivity contribution in [1.82, 2.24) is 20.2 Å². The summed E-state index contributed by atoms with van der Waals surface area (Å²) in [7, 11) is -5.07. The van der Waals surface area contributed by atoms with Crippen LogP contribution in [0.4, 0.5) is 0 Å². The average molecular weight is 1270 g/mol. The number of imidazole rings is 1. The van der Waals surface area contributed by atoms with Crippen LogP contribution in [0.2, 0.25) is 0 Å². The van der Waals surface area contributed by atoms with Crippen molar-refractivity contribution >= 4 is 77.3 Å². The van der Waals surface area contributed by atoms with Crippen LogP contribution in [0.15, 0.2) is 67.8 Å². The first kappa shape index (κ1) is 68.9. The van der Waals surface area contributed by atoms with E-state index in [2.05, 4.69) is 15.6 Å². The number of phosphoric acid groups is 1. The lowest BCUT2D eigenvalue weighted by atomic mass is 9.55. The van der Waals surface area contributed by atoms with E-state index in [0.717, 1.165) is 11.1 Å². The van der Waals surface area contributed by atoms with Crippen LogP contribution in [0.25, 0.3) is 11.0 Å². The van der Waals surface area contributed by atoms with Gasteiger partial charge in [-0.15, -0.1) is 0 Å². The third kappa shape index (κ3) is 13.0. The molecule has 28 heteroatoms. The lowest BCUT2D eigenvalue weighted by Gasteiger charge is -2.48. The van der Waals surface area contributed by atoms with Gasteiger partial charge in [-0.2, -0.15) is 0 Å².